The van der Waals surface area contributed by atoms with E-state index in [-0.39, 0.29) is 18.3 Å². The van der Waals surface area contributed by atoms with Crippen molar-refractivity contribution >= 4 is 29.3 Å². The molecule has 0 aliphatic heterocycles. The molecule has 0 atom stereocenters. The van der Waals surface area contributed by atoms with Gasteiger partial charge in [-0.3, -0.25) is 4.79 Å². The maximum absolute atomic E-state index is 12.3. The normalized spacial score (nSPS) is 10.5. The summed E-state index contributed by atoms with van der Waals surface area (Å²) in [6.07, 6.45) is 0. The molecule has 3 rings (SSSR count). The van der Waals surface area contributed by atoms with Crippen LogP contribution in [0, 0.1) is 6.92 Å². The molecule has 2 aromatic carbocycles. The van der Waals surface area contributed by atoms with Crippen LogP contribution in [0.4, 0.5) is 5.69 Å². The molecule has 0 unspecified atom stereocenters. The van der Waals surface area contributed by atoms with Crippen LogP contribution in [-0.2, 0) is 23.2 Å². The lowest BCUT2D eigenvalue weighted by molar-refractivity contribution is -0.113. The topological polar surface area (TPSA) is 95.3 Å². The molecule has 1 heterocycles. The number of rotatable bonds is 9. The predicted octanol–water partition coefficient (Wildman–Crippen LogP) is 3.61. The molecule has 0 aliphatic carbocycles. The summed E-state index contributed by atoms with van der Waals surface area (Å²) >= 11 is 1.27. The van der Waals surface area contributed by atoms with Crippen LogP contribution in [-0.4, -0.2) is 39.0 Å². The van der Waals surface area contributed by atoms with Gasteiger partial charge in [0.15, 0.2) is 11.0 Å². The first-order valence-electron chi connectivity index (χ1n) is 9.74. The number of nitrogens with zero attached hydrogens (tertiary/aromatic N) is 3. The van der Waals surface area contributed by atoms with E-state index in [1.54, 1.807) is 35.8 Å². The van der Waals surface area contributed by atoms with Crippen LogP contribution < -0.4 is 10.1 Å². The standard InChI is InChI=1S/C22H24N4O4S/c1-4-29-21(28)16-8-6-9-17(12-16)23-20(27)14-31-22-25-24-19(26(22)3)13-30-18-10-5-7-15(2)11-18/h5-12H,4,13-14H2,1-3H3,(H,23,27). The second kappa shape index (κ2) is 10.6. The molecular formula is C22H24N4O4S. The maximum Gasteiger partial charge on any atom is 0.338 e. The number of esters is 1. The molecular weight excluding hydrogens is 416 g/mol. The summed E-state index contributed by atoms with van der Waals surface area (Å²) in [5.74, 6) is 0.932. The lowest BCUT2D eigenvalue weighted by Gasteiger charge is -2.08. The van der Waals surface area contributed by atoms with Crippen LogP contribution in [0.15, 0.2) is 53.7 Å². The van der Waals surface area contributed by atoms with Crippen LogP contribution in [0.1, 0.15) is 28.7 Å². The Hall–Kier alpha value is -3.33. The van der Waals surface area contributed by atoms with Crippen molar-refractivity contribution in [2.75, 3.05) is 17.7 Å². The second-order valence-corrected chi connectivity index (χ2v) is 7.64. The zero-order valence-corrected chi connectivity index (χ0v) is 18.4. The number of carbonyl (C=O) groups is 2. The van der Waals surface area contributed by atoms with E-state index in [2.05, 4.69) is 15.5 Å². The summed E-state index contributed by atoms with van der Waals surface area (Å²) < 4.78 is 12.5. The van der Waals surface area contributed by atoms with Crippen molar-refractivity contribution in [3.63, 3.8) is 0 Å². The number of aromatic nitrogens is 3. The summed E-state index contributed by atoms with van der Waals surface area (Å²) in [4.78, 5) is 24.1. The van der Waals surface area contributed by atoms with E-state index in [1.165, 1.54) is 11.8 Å². The molecule has 1 aromatic heterocycles. The monoisotopic (exact) mass is 440 g/mol. The highest BCUT2D eigenvalue weighted by Gasteiger charge is 2.13. The van der Waals surface area contributed by atoms with Gasteiger partial charge in [0.2, 0.25) is 5.91 Å². The third-order valence-corrected chi connectivity index (χ3v) is 5.29. The molecule has 31 heavy (non-hydrogen) atoms. The second-order valence-electron chi connectivity index (χ2n) is 6.70. The fourth-order valence-electron chi connectivity index (χ4n) is 2.71. The van der Waals surface area contributed by atoms with Crippen LogP contribution in [0.3, 0.4) is 0 Å². The summed E-state index contributed by atoms with van der Waals surface area (Å²) in [5.41, 5.74) is 2.03. The fraction of sp³-hybridized carbons (Fsp3) is 0.273. The van der Waals surface area contributed by atoms with Gasteiger partial charge in [-0.1, -0.05) is 30.0 Å². The van der Waals surface area contributed by atoms with Crippen molar-refractivity contribution in [2.45, 2.75) is 25.6 Å². The Bertz CT molecular complexity index is 1070. The number of benzene rings is 2. The van der Waals surface area contributed by atoms with E-state index in [0.29, 0.717) is 28.8 Å². The van der Waals surface area contributed by atoms with Gasteiger partial charge < -0.3 is 19.4 Å². The van der Waals surface area contributed by atoms with Gasteiger partial charge in [-0.15, -0.1) is 10.2 Å². The van der Waals surface area contributed by atoms with E-state index >= 15 is 0 Å². The molecule has 0 spiro atoms. The number of anilines is 1. The Morgan fingerprint density at radius 3 is 2.71 bits per heavy atom. The van der Waals surface area contributed by atoms with Crippen LogP contribution in [0.2, 0.25) is 0 Å². The molecule has 0 bridgehead atoms. The molecule has 0 fully saturated rings. The summed E-state index contributed by atoms with van der Waals surface area (Å²) in [6.45, 7) is 4.32. The smallest absolute Gasteiger partial charge is 0.338 e. The highest BCUT2D eigenvalue weighted by molar-refractivity contribution is 7.99. The first-order valence-corrected chi connectivity index (χ1v) is 10.7. The van der Waals surface area contributed by atoms with E-state index in [0.717, 1.165) is 11.3 Å². The molecule has 9 heteroatoms. The zero-order valence-electron chi connectivity index (χ0n) is 17.6. The molecule has 0 aliphatic rings. The van der Waals surface area contributed by atoms with Crippen LogP contribution in [0.25, 0.3) is 0 Å². The predicted molar refractivity (Wildman–Crippen MR) is 118 cm³/mol. The van der Waals surface area contributed by atoms with Crippen molar-refractivity contribution in [3.8, 4) is 5.75 Å². The van der Waals surface area contributed by atoms with E-state index in [4.69, 9.17) is 9.47 Å². The highest BCUT2D eigenvalue weighted by atomic mass is 32.2. The Morgan fingerprint density at radius 2 is 1.94 bits per heavy atom. The average molecular weight is 441 g/mol. The van der Waals surface area contributed by atoms with Gasteiger partial charge in [0.25, 0.3) is 0 Å². The molecule has 1 N–H and O–H groups in total. The fourth-order valence-corrected chi connectivity index (χ4v) is 3.44. The number of hydrogen-bond donors (Lipinski definition) is 1. The zero-order chi connectivity index (χ0) is 22.2. The van der Waals surface area contributed by atoms with Crippen molar-refractivity contribution in [2.24, 2.45) is 7.05 Å². The van der Waals surface area contributed by atoms with Crippen molar-refractivity contribution in [1.82, 2.24) is 14.8 Å². The Balaban J connectivity index is 1.53. The Labute approximate surface area is 185 Å². The van der Waals surface area contributed by atoms with E-state index in [9.17, 15) is 9.59 Å². The number of amides is 1. The molecule has 3 aromatic rings. The minimum atomic E-state index is -0.424. The first-order chi connectivity index (χ1) is 15.0. The Morgan fingerprint density at radius 1 is 1.13 bits per heavy atom. The first kappa shape index (κ1) is 22.4. The van der Waals surface area contributed by atoms with Crippen LogP contribution in [0.5, 0.6) is 5.75 Å². The molecule has 0 radical (unpaired) electrons. The minimum Gasteiger partial charge on any atom is -0.486 e. The summed E-state index contributed by atoms with van der Waals surface area (Å²) in [5, 5.41) is 11.7. The summed E-state index contributed by atoms with van der Waals surface area (Å²) in [7, 11) is 1.83. The number of hydrogen-bond acceptors (Lipinski definition) is 7. The van der Waals surface area contributed by atoms with Gasteiger partial charge >= 0.3 is 5.97 Å². The third kappa shape index (κ3) is 6.32. The maximum atomic E-state index is 12.3. The van der Waals surface area contributed by atoms with Gasteiger partial charge in [-0.25, -0.2) is 4.79 Å². The number of carbonyl (C=O) groups excluding carboxylic acids is 2. The van der Waals surface area contributed by atoms with E-state index in [1.807, 2.05) is 38.2 Å². The molecule has 0 saturated carbocycles. The van der Waals surface area contributed by atoms with Gasteiger partial charge in [-0.05, 0) is 49.7 Å². The lowest BCUT2D eigenvalue weighted by Crippen LogP contribution is -2.15. The minimum absolute atomic E-state index is 0.147. The van der Waals surface area contributed by atoms with Crippen molar-refractivity contribution in [3.05, 3.63) is 65.5 Å². The molecule has 1 amide bonds. The summed E-state index contributed by atoms with van der Waals surface area (Å²) in [6, 6.07) is 14.4. The molecule has 0 saturated heterocycles. The highest BCUT2D eigenvalue weighted by Crippen LogP contribution is 2.19. The lowest BCUT2D eigenvalue weighted by atomic mass is 10.2. The average Bonchev–Trinajstić information content (AvgIpc) is 3.10. The Kier molecular flexibility index (Phi) is 7.66. The van der Waals surface area contributed by atoms with Gasteiger partial charge in [-0.2, -0.15) is 0 Å². The van der Waals surface area contributed by atoms with Crippen LogP contribution >= 0.6 is 11.8 Å². The van der Waals surface area contributed by atoms with Gasteiger partial charge in [0, 0.05) is 12.7 Å². The molecule has 8 nitrogen and oxygen atoms in total. The third-order valence-electron chi connectivity index (χ3n) is 4.27. The number of thioether (sulfide) groups is 1. The quantitative estimate of drug-likeness (QED) is 0.401. The molecule has 162 valence electrons. The number of aryl methyl sites for hydroxylation is 1. The number of nitrogens with one attached hydrogen (secondary N) is 1. The number of ether oxygens (including phenoxy) is 2. The van der Waals surface area contributed by atoms with Gasteiger partial charge in [0.05, 0.1) is 17.9 Å². The van der Waals surface area contributed by atoms with E-state index < -0.39 is 5.97 Å². The van der Waals surface area contributed by atoms with Crippen molar-refractivity contribution < 1.29 is 19.1 Å². The largest absolute Gasteiger partial charge is 0.486 e. The van der Waals surface area contributed by atoms with Gasteiger partial charge in [0.1, 0.15) is 12.4 Å². The SMILES string of the molecule is CCOC(=O)c1cccc(NC(=O)CSc2nnc(COc3cccc(C)c3)n2C)c1. The van der Waals surface area contributed by atoms with Crippen molar-refractivity contribution in [1.29, 1.82) is 0 Å².